The molecule has 21 heavy (non-hydrogen) atoms. The Kier molecular flexibility index (Phi) is 5.43. The van der Waals surface area contributed by atoms with Crippen LogP contribution in [0.4, 0.5) is 4.39 Å². The molecule has 1 fully saturated rings. The van der Waals surface area contributed by atoms with E-state index in [2.05, 4.69) is 33.0 Å². The van der Waals surface area contributed by atoms with Crippen molar-refractivity contribution in [3.05, 3.63) is 35.6 Å². The quantitative estimate of drug-likeness (QED) is 0.811. The van der Waals surface area contributed by atoms with Crippen LogP contribution in [0, 0.1) is 17.7 Å². The van der Waals surface area contributed by atoms with Gasteiger partial charge in [-0.05, 0) is 75.6 Å². The van der Waals surface area contributed by atoms with Gasteiger partial charge in [0.15, 0.2) is 0 Å². The summed E-state index contributed by atoms with van der Waals surface area (Å²) in [6.07, 6.45) is 5.13. The molecule has 0 aromatic heterocycles. The van der Waals surface area contributed by atoms with Gasteiger partial charge in [-0.15, -0.1) is 0 Å². The maximum Gasteiger partial charge on any atom is 0.123 e. The molecule has 3 atom stereocenters. The van der Waals surface area contributed by atoms with Crippen LogP contribution < -0.4 is 5.32 Å². The van der Waals surface area contributed by atoms with Gasteiger partial charge in [-0.3, -0.25) is 0 Å². The predicted octanol–water partition coefficient (Wildman–Crippen LogP) is 5.12. The Bertz CT molecular complexity index is 432. The summed E-state index contributed by atoms with van der Waals surface area (Å²) < 4.78 is 13.2. The van der Waals surface area contributed by atoms with Gasteiger partial charge >= 0.3 is 0 Å². The lowest BCUT2D eigenvalue weighted by Crippen LogP contribution is -2.41. The van der Waals surface area contributed by atoms with Gasteiger partial charge in [0, 0.05) is 5.54 Å². The fraction of sp³-hybridized carbons (Fsp3) is 0.684. The van der Waals surface area contributed by atoms with Gasteiger partial charge in [0.05, 0.1) is 0 Å². The summed E-state index contributed by atoms with van der Waals surface area (Å²) in [6.45, 7) is 10.0. The number of benzene rings is 1. The normalized spacial score (nSPS) is 26.8. The molecular formula is C19H30FN. The van der Waals surface area contributed by atoms with Crippen molar-refractivity contribution in [2.75, 3.05) is 6.54 Å². The Labute approximate surface area is 129 Å². The zero-order valence-electron chi connectivity index (χ0n) is 14.0. The van der Waals surface area contributed by atoms with Gasteiger partial charge in [0.2, 0.25) is 0 Å². The van der Waals surface area contributed by atoms with E-state index in [0.29, 0.717) is 11.8 Å². The lowest BCUT2D eigenvalue weighted by Gasteiger charge is -2.38. The van der Waals surface area contributed by atoms with E-state index in [-0.39, 0.29) is 11.4 Å². The number of nitrogens with one attached hydrogen (secondary N) is 1. The summed E-state index contributed by atoms with van der Waals surface area (Å²) in [6, 6.07) is 7.20. The predicted molar refractivity (Wildman–Crippen MR) is 88.0 cm³/mol. The van der Waals surface area contributed by atoms with Crippen LogP contribution in [0.25, 0.3) is 0 Å². The summed E-state index contributed by atoms with van der Waals surface area (Å²) in [5.74, 6) is 1.92. The summed E-state index contributed by atoms with van der Waals surface area (Å²) in [4.78, 5) is 0. The topological polar surface area (TPSA) is 12.0 Å². The summed E-state index contributed by atoms with van der Waals surface area (Å²) in [5, 5.41) is 3.66. The fourth-order valence-electron chi connectivity index (χ4n) is 3.49. The lowest BCUT2D eigenvalue weighted by atomic mass is 9.70. The minimum Gasteiger partial charge on any atom is -0.312 e. The van der Waals surface area contributed by atoms with Crippen molar-refractivity contribution >= 4 is 0 Å². The standard InChI is InChI=1S/C19H30FN/c1-5-14-6-7-16(13-21-19(2,3)4)18(12-14)15-8-10-17(20)11-9-15/h8-11,14,16,18,21H,5-7,12-13H2,1-4H3. The molecule has 2 rings (SSSR count). The lowest BCUT2D eigenvalue weighted by molar-refractivity contribution is 0.213. The molecule has 0 amide bonds. The third kappa shape index (κ3) is 4.81. The molecule has 1 aromatic rings. The van der Waals surface area contributed by atoms with Crippen molar-refractivity contribution in [2.45, 2.75) is 64.8 Å². The van der Waals surface area contributed by atoms with Crippen LogP contribution in [0.2, 0.25) is 0 Å². The highest BCUT2D eigenvalue weighted by atomic mass is 19.1. The highest BCUT2D eigenvalue weighted by molar-refractivity contribution is 5.22. The molecule has 0 spiro atoms. The Morgan fingerprint density at radius 1 is 1.14 bits per heavy atom. The van der Waals surface area contributed by atoms with Gasteiger partial charge in [-0.2, -0.15) is 0 Å². The van der Waals surface area contributed by atoms with Gasteiger partial charge in [0.1, 0.15) is 5.82 Å². The molecule has 1 N–H and O–H groups in total. The molecular weight excluding hydrogens is 261 g/mol. The molecule has 3 unspecified atom stereocenters. The Morgan fingerprint density at radius 2 is 1.81 bits per heavy atom. The molecule has 0 saturated heterocycles. The minimum absolute atomic E-state index is 0.133. The molecule has 2 heteroatoms. The van der Waals surface area contributed by atoms with E-state index in [1.807, 2.05) is 12.1 Å². The third-order valence-electron chi connectivity index (χ3n) is 4.87. The first-order chi connectivity index (χ1) is 9.89. The molecule has 1 nitrogen and oxygen atoms in total. The van der Waals surface area contributed by atoms with Crippen LogP contribution in [-0.4, -0.2) is 12.1 Å². The monoisotopic (exact) mass is 291 g/mol. The van der Waals surface area contributed by atoms with Gasteiger partial charge in [0.25, 0.3) is 0 Å². The largest absolute Gasteiger partial charge is 0.312 e. The molecule has 0 heterocycles. The fourth-order valence-corrected chi connectivity index (χ4v) is 3.49. The van der Waals surface area contributed by atoms with E-state index in [1.54, 1.807) is 12.1 Å². The van der Waals surface area contributed by atoms with Crippen LogP contribution in [0.15, 0.2) is 24.3 Å². The Balaban J connectivity index is 2.11. The van der Waals surface area contributed by atoms with E-state index in [9.17, 15) is 4.39 Å². The van der Waals surface area contributed by atoms with Crippen molar-refractivity contribution in [1.29, 1.82) is 0 Å². The van der Waals surface area contributed by atoms with Crippen molar-refractivity contribution < 1.29 is 4.39 Å². The van der Waals surface area contributed by atoms with Crippen LogP contribution in [0.5, 0.6) is 0 Å². The Hall–Kier alpha value is -0.890. The van der Waals surface area contributed by atoms with Crippen molar-refractivity contribution in [3.8, 4) is 0 Å². The van der Waals surface area contributed by atoms with Crippen molar-refractivity contribution in [3.63, 3.8) is 0 Å². The second-order valence-electron chi connectivity index (χ2n) is 7.64. The number of halogens is 1. The minimum atomic E-state index is -0.133. The maximum absolute atomic E-state index is 13.2. The zero-order valence-corrected chi connectivity index (χ0v) is 14.0. The molecule has 1 aromatic carbocycles. The second kappa shape index (κ2) is 6.91. The van der Waals surface area contributed by atoms with E-state index >= 15 is 0 Å². The van der Waals surface area contributed by atoms with E-state index in [1.165, 1.54) is 31.2 Å². The highest BCUT2D eigenvalue weighted by Crippen LogP contribution is 2.41. The van der Waals surface area contributed by atoms with Gasteiger partial charge < -0.3 is 5.32 Å². The molecule has 118 valence electrons. The molecule has 1 aliphatic carbocycles. The zero-order chi connectivity index (χ0) is 15.5. The van der Waals surface area contributed by atoms with Crippen molar-refractivity contribution in [1.82, 2.24) is 5.32 Å². The van der Waals surface area contributed by atoms with Gasteiger partial charge in [-0.25, -0.2) is 4.39 Å². The van der Waals surface area contributed by atoms with Crippen LogP contribution in [0.1, 0.15) is 64.9 Å². The van der Waals surface area contributed by atoms with E-state index < -0.39 is 0 Å². The number of hydrogen-bond acceptors (Lipinski definition) is 1. The molecule has 0 bridgehead atoms. The number of hydrogen-bond donors (Lipinski definition) is 1. The first-order valence-corrected chi connectivity index (χ1v) is 8.39. The van der Waals surface area contributed by atoms with Crippen molar-refractivity contribution in [2.24, 2.45) is 11.8 Å². The second-order valence-corrected chi connectivity index (χ2v) is 7.64. The average molecular weight is 291 g/mol. The molecule has 0 radical (unpaired) electrons. The Morgan fingerprint density at radius 3 is 2.38 bits per heavy atom. The summed E-state index contributed by atoms with van der Waals surface area (Å²) in [7, 11) is 0. The first-order valence-electron chi connectivity index (χ1n) is 8.39. The third-order valence-corrected chi connectivity index (χ3v) is 4.87. The smallest absolute Gasteiger partial charge is 0.123 e. The van der Waals surface area contributed by atoms with Gasteiger partial charge in [-0.1, -0.05) is 31.9 Å². The number of rotatable bonds is 4. The summed E-state index contributed by atoms with van der Waals surface area (Å²) >= 11 is 0. The van der Waals surface area contributed by atoms with E-state index in [4.69, 9.17) is 0 Å². The summed E-state index contributed by atoms with van der Waals surface area (Å²) in [5.41, 5.74) is 1.48. The van der Waals surface area contributed by atoms with Crippen LogP contribution in [0.3, 0.4) is 0 Å². The highest BCUT2D eigenvalue weighted by Gasteiger charge is 2.31. The molecule has 0 aliphatic heterocycles. The average Bonchev–Trinajstić information content (AvgIpc) is 2.45. The van der Waals surface area contributed by atoms with Crippen LogP contribution in [-0.2, 0) is 0 Å². The first kappa shape index (κ1) is 16.5. The van der Waals surface area contributed by atoms with E-state index in [0.717, 1.165) is 12.5 Å². The molecule has 1 saturated carbocycles. The SMILES string of the molecule is CCC1CCC(CNC(C)(C)C)C(c2ccc(F)cc2)C1. The maximum atomic E-state index is 13.2. The van der Waals surface area contributed by atoms with Crippen LogP contribution >= 0.6 is 0 Å². The molecule has 1 aliphatic rings.